The van der Waals surface area contributed by atoms with Gasteiger partial charge in [-0.05, 0) is 6.08 Å². The molecule has 5 heteroatoms. The molecule has 0 unspecified atom stereocenters. The van der Waals surface area contributed by atoms with Crippen LogP contribution < -0.4 is 5.56 Å². The highest BCUT2D eigenvalue weighted by Crippen LogP contribution is 1.99. The van der Waals surface area contributed by atoms with Gasteiger partial charge in [-0.3, -0.25) is 4.79 Å². The molecule has 0 aliphatic rings. The van der Waals surface area contributed by atoms with Gasteiger partial charge in [0.25, 0.3) is 5.56 Å². The Morgan fingerprint density at radius 3 is 3.17 bits per heavy atom. The van der Waals surface area contributed by atoms with Crippen molar-refractivity contribution < 1.29 is 0 Å². The van der Waals surface area contributed by atoms with E-state index in [1.54, 1.807) is 0 Å². The molecule has 2 rings (SSSR count). The SMILES string of the molecule is C=Cc1nc2nc[nH]c2c(=O)[nH]1. The number of nitrogens with zero attached hydrogens (tertiary/aromatic N) is 2. The summed E-state index contributed by atoms with van der Waals surface area (Å²) < 4.78 is 0. The molecular formula is C7H6N4O. The lowest BCUT2D eigenvalue weighted by molar-refractivity contribution is 1.12. The van der Waals surface area contributed by atoms with E-state index in [4.69, 9.17) is 0 Å². The van der Waals surface area contributed by atoms with E-state index in [0.29, 0.717) is 17.0 Å². The largest absolute Gasteiger partial charge is 0.339 e. The summed E-state index contributed by atoms with van der Waals surface area (Å²) >= 11 is 0. The summed E-state index contributed by atoms with van der Waals surface area (Å²) in [6, 6.07) is 0. The molecule has 2 aromatic heterocycles. The highest BCUT2D eigenvalue weighted by molar-refractivity contribution is 5.69. The number of H-pyrrole nitrogens is 2. The maximum atomic E-state index is 11.2. The number of nitrogens with one attached hydrogen (secondary N) is 2. The van der Waals surface area contributed by atoms with Gasteiger partial charge in [-0.2, -0.15) is 0 Å². The second-order valence-corrected chi connectivity index (χ2v) is 2.26. The highest BCUT2D eigenvalue weighted by Gasteiger charge is 2.02. The van der Waals surface area contributed by atoms with Crippen LogP contribution in [0.25, 0.3) is 17.2 Å². The number of imidazole rings is 1. The Morgan fingerprint density at radius 2 is 2.42 bits per heavy atom. The smallest absolute Gasteiger partial charge is 0.277 e. The second kappa shape index (κ2) is 2.30. The molecule has 0 amide bonds. The third-order valence-electron chi connectivity index (χ3n) is 1.51. The molecule has 0 saturated heterocycles. The van der Waals surface area contributed by atoms with Crippen molar-refractivity contribution in [1.82, 2.24) is 19.9 Å². The fourth-order valence-electron chi connectivity index (χ4n) is 0.956. The van der Waals surface area contributed by atoms with Crippen LogP contribution in [0.1, 0.15) is 5.82 Å². The Kier molecular flexibility index (Phi) is 1.30. The molecule has 2 aromatic rings. The molecule has 12 heavy (non-hydrogen) atoms. The van der Waals surface area contributed by atoms with E-state index in [1.807, 2.05) is 0 Å². The van der Waals surface area contributed by atoms with Crippen LogP contribution in [0.2, 0.25) is 0 Å². The number of hydrogen-bond acceptors (Lipinski definition) is 3. The summed E-state index contributed by atoms with van der Waals surface area (Å²) in [6.07, 6.45) is 2.90. The van der Waals surface area contributed by atoms with Gasteiger partial charge in [-0.25, -0.2) is 9.97 Å². The van der Waals surface area contributed by atoms with Crippen LogP contribution in [0.5, 0.6) is 0 Å². The molecule has 0 atom stereocenters. The second-order valence-electron chi connectivity index (χ2n) is 2.26. The standard InChI is InChI=1S/C7H6N4O/c1-2-4-10-6-5(7(12)11-4)8-3-9-6/h2-3H,1H2,(H2,8,9,10,11,12). The van der Waals surface area contributed by atoms with Crippen molar-refractivity contribution in [3.63, 3.8) is 0 Å². The van der Waals surface area contributed by atoms with Gasteiger partial charge in [0.05, 0.1) is 6.33 Å². The van der Waals surface area contributed by atoms with Gasteiger partial charge in [0.2, 0.25) is 0 Å². The zero-order valence-corrected chi connectivity index (χ0v) is 6.16. The first-order valence-electron chi connectivity index (χ1n) is 3.37. The lowest BCUT2D eigenvalue weighted by Gasteiger charge is -1.90. The molecule has 2 N–H and O–H groups in total. The maximum Gasteiger partial charge on any atom is 0.277 e. The molecular weight excluding hydrogens is 156 g/mol. The molecule has 0 saturated carbocycles. The van der Waals surface area contributed by atoms with Gasteiger partial charge >= 0.3 is 0 Å². The molecule has 0 aromatic carbocycles. The van der Waals surface area contributed by atoms with Crippen molar-refractivity contribution in [1.29, 1.82) is 0 Å². The fraction of sp³-hybridized carbons (Fsp3) is 0. The zero-order chi connectivity index (χ0) is 8.55. The van der Waals surface area contributed by atoms with Crippen molar-refractivity contribution in [2.75, 3.05) is 0 Å². The van der Waals surface area contributed by atoms with E-state index in [0.717, 1.165) is 0 Å². The van der Waals surface area contributed by atoms with Crippen LogP contribution in [0, 0.1) is 0 Å². The first-order valence-corrected chi connectivity index (χ1v) is 3.37. The van der Waals surface area contributed by atoms with E-state index in [1.165, 1.54) is 12.4 Å². The third kappa shape index (κ3) is 0.833. The predicted molar refractivity (Wildman–Crippen MR) is 44.6 cm³/mol. The molecule has 5 nitrogen and oxygen atoms in total. The molecule has 0 aliphatic carbocycles. The molecule has 60 valence electrons. The van der Waals surface area contributed by atoms with Gasteiger partial charge in [0.1, 0.15) is 5.82 Å². The topological polar surface area (TPSA) is 74.4 Å². The molecule has 0 aliphatic heterocycles. The number of rotatable bonds is 1. The maximum absolute atomic E-state index is 11.2. The van der Waals surface area contributed by atoms with Crippen LogP contribution in [0.4, 0.5) is 0 Å². The van der Waals surface area contributed by atoms with E-state index >= 15 is 0 Å². The van der Waals surface area contributed by atoms with Crippen LogP contribution in [-0.2, 0) is 0 Å². The lowest BCUT2D eigenvalue weighted by Crippen LogP contribution is -2.09. The van der Waals surface area contributed by atoms with Crippen molar-refractivity contribution in [2.45, 2.75) is 0 Å². The average molecular weight is 162 g/mol. The third-order valence-corrected chi connectivity index (χ3v) is 1.51. The van der Waals surface area contributed by atoms with Gasteiger partial charge in [-0.15, -0.1) is 0 Å². The van der Waals surface area contributed by atoms with Crippen LogP contribution in [-0.4, -0.2) is 19.9 Å². The Morgan fingerprint density at radius 1 is 1.58 bits per heavy atom. The van der Waals surface area contributed by atoms with Crippen molar-refractivity contribution in [3.8, 4) is 0 Å². The van der Waals surface area contributed by atoms with E-state index in [-0.39, 0.29) is 5.56 Å². The van der Waals surface area contributed by atoms with Gasteiger partial charge in [-0.1, -0.05) is 6.58 Å². The number of aromatic amines is 2. The minimum atomic E-state index is -0.229. The highest BCUT2D eigenvalue weighted by atomic mass is 16.1. The number of hydrogen-bond donors (Lipinski definition) is 2. The van der Waals surface area contributed by atoms with Crippen molar-refractivity contribution >= 4 is 17.2 Å². The minimum Gasteiger partial charge on any atom is -0.339 e. The fourth-order valence-corrected chi connectivity index (χ4v) is 0.956. The molecule has 0 bridgehead atoms. The molecule has 0 fully saturated rings. The summed E-state index contributed by atoms with van der Waals surface area (Å²) in [7, 11) is 0. The monoisotopic (exact) mass is 162 g/mol. The van der Waals surface area contributed by atoms with E-state index < -0.39 is 0 Å². The minimum absolute atomic E-state index is 0.229. The summed E-state index contributed by atoms with van der Waals surface area (Å²) in [5.74, 6) is 0.430. The average Bonchev–Trinajstić information content (AvgIpc) is 2.52. The number of fused-ring (bicyclic) bond motifs is 1. The summed E-state index contributed by atoms with van der Waals surface area (Å²) in [5.41, 5.74) is 0.571. The Balaban J connectivity index is 2.93. The zero-order valence-electron chi connectivity index (χ0n) is 6.16. The normalized spacial score (nSPS) is 10.3. The molecule has 0 radical (unpaired) electrons. The summed E-state index contributed by atoms with van der Waals surface area (Å²) in [5, 5.41) is 0. The van der Waals surface area contributed by atoms with Crippen molar-refractivity contribution in [2.24, 2.45) is 0 Å². The first-order chi connectivity index (χ1) is 5.81. The Labute approximate surface area is 67.2 Å². The molecule has 2 heterocycles. The number of aromatic nitrogens is 4. The van der Waals surface area contributed by atoms with E-state index in [2.05, 4.69) is 26.5 Å². The Bertz CT molecular complexity index is 481. The predicted octanol–water partition coefficient (Wildman–Crippen LogP) is 0.289. The molecule has 0 spiro atoms. The Hall–Kier alpha value is -1.91. The van der Waals surface area contributed by atoms with Crippen LogP contribution in [0.15, 0.2) is 17.7 Å². The summed E-state index contributed by atoms with van der Waals surface area (Å²) in [4.78, 5) is 24.3. The van der Waals surface area contributed by atoms with Crippen LogP contribution in [0.3, 0.4) is 0 Å². The quantitative estimate of drug-likeness (QED) is 0.632. The lowest BCUT2D eigenvalue weighted by atomic mass is 10.5. The van der Waals surface area contributed by atoms with Gasteiger partial charge in [0, 0.05) is 0 Å². The van der Waals surface area contributed by atoms with Gasteiger partial charge < -0.3 is 9.97 Å². The van der Waals surface area contributed by atoms with Crippen LogP contribution >= 0.6 is 0 Å². The van der Waals surface area contributed by atoms with Crippen molar-refractivity contribution in [3.05, 3.63) is 29.1 Å². The first kappa shape index (κ1) is 6.78. The summed E-state index contributed by atoms with van der Waals surface area (Å²) in [6.45, 7) is 3.49. The van der Waals surface area contributed by atoms with E-state index in [9.17, 15) is 4.79 Å². The van der Waals surface area contributed by atoms with Gasteiger partial charge in [0.15, 0.2) is 11.2 Å².